The molecule has 0 aromatic heterocycles. The number of β-lactam (4-membered cyclic amide) rings is 1. The van der Waals surface area contributed by atoms with Crippen LogP contribution in [0.15, 0.2) is 10.6 Å². The molecular weight excluding hydrogens is 253 g/mol. The molecule has 0 aromatic carbocycles. The van der Waals surface area contributed by atoms with E-state index in [9.17, 15) is 14.7 Å². The number of carboxylic acid groups (broad SMARTS) is 1. The molecule has 1 atom stereocenters. The SMILES string of the molecule is COCCSC1=C(C(=O)[O-])N2C(=O)CC2C1.[Na+]. The maximum atomic E-state index is 11.3. The zero-order valence-corrected chi connectivity index (χ0v) is 12.7. The molecule has 0 aliphatic carbocycles. The zero-order valence-electron chi connectivity index (χ0n) is 9.89. The Kier molecular flexibility index (Phi) is 5.53. The Hall–Kier alpha value is -0.0100. The van der Waals surface area contributed by atoms with Gasteiger partial charge >= 0.3 is 29.6 Å². The molecule has 2 rings (SSSR count). The van der Waals surface area contributed by atoms with Crippen LogP contribution in [0.5, 0.6) is 0 Å². The van der Waals surface area contributed by atoms with Crippen molar-refractivity contribution in [2.75, 3.05) is 19.5 Å². The van der Waals surface area contributed by atoms with Crippen molar-refractivity contribution in [2.24, 2.45) is 0 Å². The van der Waals surface area contributed by atoms with E-state index in [0.29, 0.717) is 25.2 Å². The third kappa shape index (κ3) is 2.88. The van der Waals surface area contributed by atoms with Crippen molar-refractivity contribution in [3.63, 3.8) is 0 Å². The smallest absolute Gasteiger partial charge is 0.543 e. The number of carbonyl (C=O) groups excluding carboxylic acids is 2. The van der Waals surface area contributed by atoms with Gasteiger partial charge in [0.05, 0.1) is 24.3 Å². The summed E-state index contributed by atoms with van der Waals surface area (Å²) in [6.45, 7) is 0.563. The van der Waals surface area contributed by atoms with E-state index in [2.05, 4.69) is 0 Å². The average molecular weight is 265 g/mol. The number of nitrogens with zero attached hydrogens (tertiary/aromatic N) is 1. The van der Waals surface area contributed by atoms with Gasteiger partial charge in [-0.1, -0.05) is 0 Å². The van der Waals surface area contributed by atoms with Crippen molar-refractivity contribution < 1.29 is 49.0 Å². The van der Waals surface area contributed by atoms with Crippen molar-refractivity contribution in [1.29, 1.82) is 0 Å². The van der Waals surface area contributed by atoms with E-state index in [0.717, 1.165) is 4.91 Å². The van der Waals surface area contributed by atoms with Crippen LogP contribution in [0.3, 0.4) is 0 Å². The summed E-state index contributed by atoms with van der Waals surface area (Å²) in [6.07, 6.45) is 1.09. The Bertz CT molecular complexity index is 371. The molecule has 1 unspecified atom stereocenters. The molecule has 2 heterocycles. The zero-order chi connectivity index (χ0) is 11.7. The summed E-state index contributed by atoms with van der Waals surface area (Å²) in [6, 6.07) is 0.0467. The van der Waals surface area contributed by atoms with Crippen molar-refractivity contribution in [2.45, 2.75) is 18.9 Å². The molecule has 0 saturated carbocycles. The van der Waals surface area contributed by atoms with Gasteiger partial charge in [0.15, 0.2) is 0 Å². The number of hydrogen-bond acceptors (Lipinski definition) is 5. The Morgan fingerprint density at radius 3 is 2.82 bits per heavy atom. The second kappa shape index (κ2) is 6.24. The first-order valence-electron chi connectivity index (χ1n) is 5.03. The first-order valence-corrected chi connectivity index (χ1v) is 6.02. The van der Waals surface area contributed by atoms with Gasteiger partial charge in [0.2, 0.25) is 5.91 Å². The molecule has 17 heavy (non-hydrogen) atoms. The Balaban J connectivity index is 0.00000144. The summed E-state index contributed by atoms with van der Waals surface area (Å²) < 4.78 is 4.90. The van der Waals surface area contributed by atoms with Crippen LogP contribution < -0.4 is 34.7 Å². The first-order chi connectivity index (χ1) is 7.65. The molecule has 1 amide bonds. The summed E-state index contributed by atoms with van der Waals surface area (Å²) >= 11 is 1.43. The molecule has 2 aliphatic rings. The molecule has 0 radical (unpaired) electrons. The van der Waals surface area contributed by atoms with Crippen molar-refractivity contribution >= 4 is 23.6 Å². The molecule has 1 saturated heterocycles. The second-order valence-corrected chi connectivity index (χ2v) is 4.92. The van der Waals surface area contributed by atoms with Crippen molar-refractivity contribution in [1.82, 2.24) is 4.90 Å². The van der Waals surface area contributed by atoms with Gasteiger partial charge in [-0.3, -0.25) is 4.79 Å². The van der Waals surface area contributed by atoms with Crippen LogP contribution in [0.4, 0.5) is 0 Å². The fourth-order valence-corrected chi connectivity index (χ4v) is 3.11. The monoisotopic (exact) mass is 265 g/mol. The number of fused-ring (bicyclic) bond motifs is 1. The van der Waals surface area contributed by atoms with Gasteiger partial charge in [-0.25, -0.2) is 0 Å². The number of carbonyl (C=O) groups is 2. The first kappa shape index (κ1) is 15.0. The number of hydrogen-bond donors (Lipinski definition) is 0. The predicted molar refractivity (Wildman–Crippen MR) is 56.2 cm³/mol. The topological polar surface area (TPSA) is 69.7 Å². The van der Waals surface area contributed by atoms with E-state index in [1.165, 1.54) is 16.7 Å². The molecule has 0 spiro atoms. The third-order valence-corrected chi connectivity index (χ3v) is 3.81. The second-order valence-electron chi connectivity index (χ2n) is 3.73. The largest absolute Gasteiger partial charge is 1.00 e. The molecule has 88 valence electrons. The Labute approximate surface area is 126 Å². The minimum Gasteiger partial charge on any atom is -0.543 e. The van der Waals surface area contributed by atoms with E-state index in [1.54, 1.807) is 7.11 Å². The molecule has 0 aromatic rings. The quantitative estimate of drug-likeness (QED) is 0.291. The van der Waals surface area contributed by atoms with Gasteiger partial charge < -0.3 is 19.5 Å². The number of thioether (sulfide) groups is 1. The average Bonchev–Trinajstić information content (AvgIpc) is 2.52. The van der Waals surface area contributed by atoms with Crippen molar-refractivity contribution in [3.8, 4) is 0 Å². The molecule has 1 fully saturated rings. The molecule has 0 bridgehead atoms. The van der Waals surface area contributed by atoms with Crippen LogP contribution in [-0.4, -0.2) is 42.3 Å². The summed E-state index contributed by atoms with van der Waals surface area (Å²) in [5.41, 5.74) is 0.0716. The normalized spacial score (nSPS) is 22.1. The standard InChI is InChI=1S/C10H13NO4S.Na/c1-15-2-3-16-7-4-6-5-8(12)11(6)9(7)10(13)14;/h6H,2-5H2,1H3,(H,13,14);/q;+1/p-1. The summed E-state index contributed by atoms with van der Waals surface area (Å²) in [7, 11) is 1.60. The molecule has 7 heteroatoms. The van der Waals surface area contributed by atoms with Gasteiger partial charge in [-0.2, -0.15) is 0 Å². The minimum atomic E-state index is -1.25. The van der Waals surface area contributed by atoms with Crippen molar-refractivity contribution in [3.05, 3.63) is 10.6 Å². The van der Waals surface area contributed by atoms with Gasteiger partial charge in [0.1, 0.15) is 0 Å². The van der Waals surface area contributed by atoms with Crippen LogP contribution in [0.1, 0.15) is 12.8 Å². The van der Waals surface area contributed by atoms with Crippen LogP contribution in [0, 0.1) is 0 Å². The third-order valence-electron chi connectivity index (χ3n) is 2.73. The minimum absolute atomic E-state index is 0. The van der Waals surface area contributed by atoms with E-state index in [-0.39, 0.29) is 47.2 Å². The van der Waals surface area contributed by atoms with Crippen LogP contribution in [0.2, 0.25) is 0 Å². The van der Waals surface area contributed by atoms with Crippen LogP contribution >= 0.6 is 11.8 Å². The number of methoxy groups -OCH3 is 1. The van der Waals surface area contributed by atoms with Crippen LogP contribution in [0.25, 0.3) is 0 Å². The van der Waals surface area contributed by atoms with Crippen LogP contribution in [-0.2, 0) is 14.3 Å². The maximum Gasteiger partial charge on any atom is 1.00 e. The van der Waals surface area contributed by atoms with Gasteiger partial charge in [0.25, 0.3) is 0 Å². The Morgan fingerprint density at radius 2 is 2.29 bits per heavy atom. The van der Waals surface area contributed by atoms with Gasteiger partial charge in [0, 0.05) is 30.6 Å². The molecule has 2 aliphatic heterocycles. The van der Waals surface area contributed by atoms with E-state index in [4.69, 9.17) is 4.74 Å². The summed E-state index contributed by atoms with van der Waals surface area (Å²) in [5.74, 6) is -0.681. The number of aliphatic carboxylic acids is 1. The number of carboxylic acids is 1. The van der Waals surface area contributed by atoms with Gasteiger partial charge in [-0.05, 0) is 0 Å². The van der Waals surface area contributed by atoms with E-state index in [1.807, 2.05) is 0 Å². The van der Waals surface area contributed by atoms with E-state index >= 15 is 0 Å². The molecule has 0 N–H and O–H groups in total. The Morgan fingerprint density at radius 1 is 1.59 bits per heavy atom. The number of ether oxygens (including phenoxy) is 1. The fraction of sp³-hybridized carbons (Fsp3) is 0.600. The van der Waals surface area contributed by atoms with E-state index < -0.39 is 5.97 Å². The number of rotatable bonds is 5. The number of amides is 1. The molecule has 5 nitrogen and oxygen atoms in total. The van der Waals surface area contributed by atoms with Gasteiger partial charge in [-0.15, -0.1) is 11.8 Å². The predicted octanol–water partition coefficient (Wildman–Crippen LogP) is -3.66. The summed E-state index contributed by atoms with van der Waals surface area (Å²) in [5, 5.41) is 11.0. The fourth-order valence-electron chi connectivity index (χ4n) is 1.99. The molecular formula is C10H12NNaO4S. The maximum absolute atomic E-state index is 11.3. The summed E-state index contributed by atoms with van der Waals surface area (Å²) in [4.78, 5) is 24.3.